The lowest BCUT2D eigenvalue weighted by Crippen LogP contribution is -2.32. The summed E-state index contributed by atoms with van der Waals surface area (Å²) in [6.45, 7) is 0.720. The van der Waals surface area contributed by atoms with Gasteiger partial charge in [-0.05, 0) is 31.4 Å². The second-order valence-electron chi connectivity index (χ2n) is 5.09. The van der Waals surface area contributed by atoms with E-state index in [-0.39, 0.29) is 23.7 Å². The number of benzene rings is 1. The Bertz CT molecular complexity index is 556. The van der Waals surface area contributed by atoms with Gasteiger partial charge < -0.3 is 9.57 Å². The lowest BCUT2D eigenvalue weighted by molar-refractivity contribution is -0.169. The van der Waals surface area contributed by atoms with E-state index in [4.69, 9.17) is 9.57 Å². The van der Waals surface area contributed by atoms with Crippen molar-refractivity contribution in [3.05, 3.63) is 35.4 Å². The van der Waals surface area contributed by atoms with E-state index in [0.29, 0.717) is 11.5 Å². The van der Waals surface area contributed by atoms with Gasteiger partial charge in [-0.15, -0.1) is 0 Å². The van der Waals surface area contributed by atoms with Gasteiger partial charge in [0.05, 0.1) is 23.7 Å². The van der Waals surface area contributed by atoms with Gasteiger partial charge in [0.15, 0.2) is 0 Å². The Labute approximate surface area is 121 Å². The highest BCUT2D eigenvalue weighted by Crippen LogP contribution is 2.23. The highest BCUT2D eigenvalue weighted by atomic mass is 16.7. The van der Waals surface area contributed by atoms with E-state index in [1.165, 1.54) is 12.1 Å². The zero-order chi connectivity index (χ0) is 14.8. The third-order valence-electron chi connectivity index (χ3n) is 3.64. The molecular weight excluding hydrogens is 274 g/mol. The van der Waals surface area contributed by atoms with Crippen molar-refractivity contribution in [3.8, 4) is 0 Å². The molecule has 1 aromatic carbocycles. The predicted molar refractivity (Wildman–Crippen MR) is 71.2 cm³/mol. The molecule has 0 spiro atoms. The van der Waals surface area contributed by atoms with E-state index >= 15 is 0 Å². The molecule has 6 heteroatoms. The van der Waals surface area contributed by atoms with Crippen molar-refractivity contribution in [1.82, 2.24) is 5.06 Å². The Morgan fingerprint density at radius 3 is 2.48 bits per heavy atom. The first kappa shape index (κ1) is 13.8. The van der Waals surface area contributed by atoms with Crippen LogP contribution in [-0.2, 0) is 14.4 Å². The van der Waals surface area contributed by atoms with Crippen LogP contribution in [-0.4, -0.2) is 35.6 Å². The minimum absolute atomic E-state index is 0.0692. The second kappa shape index (κ2) is 5.65. The van der Waals surface area contributed by atoms with Crippen molar-refractivity contribution in [2.75, 3.05) is 6.61 Å². The van der Waals surface area contributed by atoms with E-state index in [1.807, 2.05) is 0 Å². The fourth-order valence-electron chi connectivity index (χ4n) is 2.55. The summed E-state index contributed by atoms with van der Waals surface area (Å²) in [5, 5.41) is 0.544. The molecule has 3 rings (SSSR count). The van der Waals surface area contributed by atoms with Crippen LogP contribution in [0.25, 0.3) is 0 Å². The van der Waals surface area contributed by atoms with Crippen LogP contribution < -0.4 is 0 Å². The number of carbonyl (C=O) groups excluding carboxylic acids is 3. The van der Waals surface area contributed by atoms with Crippen LogP contribution in [0.3, 0.4) is 0 Å². The molecule has 0 aromatic heterocycles. The van der Waals surface area contributed by atoms with Crippen molar-refractivity contribution in [2.45, 2.75) is 31.8 Å². The molecule has 2 amide bonds. The lowest BCUT2D eigenvalue weighted by atomic mass is 10.1. The number of amides is 2. The van der Waals surface area contributed by atoms with Crippen LogP contribution in [0.1, 0.15) is 46.4 Å². The molecule has 0 bridgehead atoms. The molecule has 21 heavy (non-hydrogen) atoms. The van der Waals surface area contributed by atoms with Crippen molar-refractivity contribution in [2.24, 2.45) is 0 Å². The normalized spacial score (nSPS) is 20.8. The van der Waals surface area contributed by atoms with Gasteiger partial charge in [-0.3, -0.25) is 9.59 Å². The van der Waals surface area contributed by atoms with E-state index in [9.17, 15) is 14.4 Å². The van der Waals surface area contributed by atoms with Crippen LogP contribution in [0.4, 0.5) is 0 Å². The summed E-state index contributed by atoms with van der Waals surface area (Å²) in [5.41, 5.74) is 0.517. The summed E-state index contributed by atoms with van der Waals surface area (Å²) in [6.07, 6.45) is 2.66. The van der Waals surface area contributed by atoms with Gasteiger partial charge in [0.2, 0.25) is 0 Å². The van der Waals surface area contributed by atoms with Gasteiger partial charge in [0, 0.05) is 6.61 Å². The van der Waals surface area contributed by atoms with Gasteiger partial charge in [0.1, 0.15) is 0 Å². The van der Waals surface area contributed by atoms with E-state index < -0.39 is 17.8 Å². The molecule has 0 aliphatic carbocycles. The molecule has 6 nitrogen and oxygen atoms in total. The first-order chi connectivity index (χ1) is 10.2. The number of hydroxylamine groups is 2. The number of imide groups is 1. The number of hydrogen-bond donors (Lipinski definition) is 0. The smallest absolute Gasteiger partial charge is 0.333 e. The summed E-state index contributed by atoms with van der Waals surface area (Å²) < 4.78 is 5.41. The first-order valence-electron chi connectivity index (χ1n) is 6.97. The Morgan fingerprint density at radius 1 is 1.24 bits per heavy atom. The number of nitrogens with zero attached hydrogens (tertiary/aromatic N) is 1. The molecule has 1 fully saturated rings. The van der Waals surface area contributed by atoms with Crippen molar-refractivity contribution in [1.29, 1.82) is 0 Å². The third-order valence-corrected chi connectivity index (χ3v) is 3.64. The lowest BCUT2D eigenvalue weighted by Gasteiger charge is -2.13. The topological polar surface area (TPSA) is 72.9 Å². The highest BCUT2D eigenvalue weighted by Gasteiger charge is 2.38. The van der Waals surface area contributed by atoms with Gasteiger partial charge in [-0.25, -0.2) is 4.79 Å². The maximum Gasteiger partial charge on any atom is 0.333 e. The largest absolute Gasteiger partial charge is 0.378 e. The highest BCUT2D eigenvalue weighted by molar-refractivity contribution is 6.20. The van der Waals surface area contributed by atoms with Crippen molar-refractivity contribution in [3.63, 3.8) is 0 Å². The maximum absolute atomic E-state index is 12.0. The molecule has 1 saturated heterocycles. The molecule has 0 saturated carbocycles. The minimum atomic E-state index is -0.597. The van der Waals surface area contributed by atoms with Crippen LogP contribution in [0.5, 0.6) is 0 Å². The number of carbonyl (C=O) groups is 3. The van der Waals surface area contributed by atoms with Gasteiger partial charge in [0.25, 0.3) is 11.8 Å². The average Bonchev–Trinajstić information content (AvgIpc) is 3.09. The quantitative estimate of drug-likeness (QED) is 0.789. The SMILES string of the molecule is O=C(CCC1CCCO1)ON1C(=O)c2ccccc2C1=O. The van der Waals surface area contributed by atoms with Crippen molar-refractivity contribution < 1.29 is 24.0 Å². The van der Waals surface area contributed by atoms with Crippen LogP contribution in [0.2, 0.25) is 0 Å². The molecule has 2 aliphatic rings. The average molecular weight is 289 g/mol. The fourth-order valence-corrected chi connectivity index (χ4v) is 2.55. The van der Waals surface area contributed by atoms with E-state index in [0.717, 1.165) is 19.4 Å². The summed E-state index contributed by atoms with van der Waals surface area (Å²) in [6, 6.07) is 6.39. The summed E-state index contributed by atoms with van der Waals surface area (Å²) in [4.78, 5) is 40.7. The van der Waals surface area contributed by atoms with Gasteiger partial charge >= 0.3 is 5.97 Å². The Hall–Kier alpha value is -2.21. The van der Waals surface area contributed by atoms with Crippen LogP contribution in [0, 0.1) is 0 Å². The Balaban J connectivity index is 1.59. The molecule has 2 aliphatic heterocycles. The molecule has 1 atom stereocenters. The second-order valence-corrected chi connectivity index (χ2v) is 5.09. The Morgan fingerprint density at radius 2 is 1.90 bits per heavy atom. The number of ether oxygens (including phenoxy) is 1. The molecule has 2 heterocycles. The Kier molecular flexibility index (Phi) is 3.70. The summed E-state index contributed by atoms with van der Waals surface area (Å²) >= 11 is 0. The number of rotatable bonds is 4. The fraction of sp³-hybridized carbons (Fsp3) is 0.400. The van der Waals surface area contributed by atoms with E-state index in [2.05, 4.69) is 0 Å². The zero-order valence-electron chi connectivity index (χ0n) is 11.4. The molecular formula is C15H15NO5. The molecule has 110 valence electrons. The van der Waals surface area contributed by atoms with Crippen LogP contribution >= 0.6 is 0 Å². The predicted octanol–water partition coefficient (Wildman–Crippen LogP) is 1.70. The molecule has 0 N–H and O–H groups in total. The van der Waals surface area contributed by atoms with E-state index in [1.54, 1.807) is 12.1 Å². The number of fused-ring (bicyclic) bond motifs is 1. The van der Waals surface area contributed by atoms with Gasteiger partial charge in [-0.2, -0.15) is 0 Å². The maximum atomic E-state index is 12.0. The minimum Gasteiger partial charge on any atom is -0.378 e. The zero-order valence-corrected chi connectivity index (χ0v) is 11.4. The monoisotopic (exact) mass is 289 g/mol. The molecule has 1 unspecified atom stereocenters. The summed E-state index contributed by atoms with van der Waals surface area (Å²) in [5.74, 6) is -1.79. The molecule has 1 aromatic rings. The summed E-state index contributed by atoms with van der Waals surface area (Å²) in [7, 11) is 0. The number of hydrogen-bond acceptors (Lipinski definition) is 5. The first-order valence-corrected chi connectivity index (χ1v) is 6.97. The standard InChI is InChI=1S/C15H15NO5/c17-13(8-7-10-4-3-9-20-10)21-16-14(18)11-5-1-2-6-12(11)15(16)19/h1-2,5-6,10H,3-4,7-9H2. The van der Waals surface area contributed by atoms with Crippen LogP contribution in [0.15, 0.2) is 24.3 Å². The molecule has 0 radical (unpaired) electrons. The van der Waals surface area contributed by atoms with Crippen molar-refractivity contribution >= 4 is 17.8 Å². The van der Waals surface area contributed by atoms with Gasteiger partial charge in [-0.1, -0.05) is 17.2 Å². The third kappa shape index (κ3) is 2.67.